The smallest absolute Gasteiger partial charge is 0.222 e. The summed E-state index contributed by atoms with van der Waals surface area (Å²) in [5.74, 6) is -0.498. The third-order valence-electron chi connectivity index (χ3n) is 1.98. The first kappa shape index (κ1) is 9.79. The fraction of sp³-hybridized carbons (Fsp3) is 0.100. The summed E-state index contributed by atoms with van der Waals surface area (Å²) in [6.07, 6.45) is 1.62. The van der Waals surface area contributed by atoms with Gasteiger partial charge in [-0.25, -0.2) is 4.98 Å². The fourth-order valence-electron chi connectivity index (χ4n) is 1.32. The SMILES string of the molecule is NC(=O)Cc1csc2ncccc2c1=O. The maximum atomic E-state index is 11.8. The van der Waals surface area contributed by atoms with E-state index >= 15 is 0 Å². The largest absolute Gasteiger partial charge is 0.369 e. The second-order valence-electron chi connectivity index (χ2n) is 3.09. The van der Waals surface area contributed by atoms with Gasteiger partial charge in [-0.05, 0) is 12.1 Å². The molecule has 0 aliphatic rings. The van der Waals surface area contributed by atoms with Gasteiger partial charge in [0.1, 0.15) is 4.83 Å². The van der Waals surface area contributed by atoms with Crippen molar-refractivity contribution in [1.82, 2.24) is 4.98 Å². The predicted molar refractivity (Wildman–Crippen MR) is 58.8 cm³/mol. The van der Waals surface area contributed by atoms with Gasteiger partial charge in [0, 0.05) is 17.1 Å². The Labute approximate surface area is 89.4 Å². The Morgan fingerprint density at radius 2 is 2.33 bits per heavy atom. The van der Waals surface area contributed by atoms with E-state index in [1.807, 2.05) is 0 Å². The number of amides is 1. The number of primary amides is 1. The van der Waals surface area contributed by atoms with Crippen molar-refractivity contribution < 1.29 is 4.79 Å². The van der Waals surface area contributed by atoms with Crippen LogP contribution in [-0.2, 0) is 11.2 Å². The zero-order chi connectivity index (χ0) is 10.8. The molecule has 2 aromatic heterocycles. The summed E-state index contributed by atoms with van der Waals surface area (Å²) in [6.45, 7) is 0. The summed E-state index contributed by atoms with van der Waals surface area (Å²) >= 11 is 1.34. The van der Waals surface area contributed by atoms with Crippen molar-refractivity contribution in [1.29, 1.82) is 0 Å². The Morgan fingerprint density at radius 3 is 3.07 bits per heavy atom. The molecule has 0 saturated carbocycles. The van der Waals surface area contributed by atoms with Crippen LogP contribution >= 0.6 is 11.3 Å². The fourth-order valence-corrected chi connectivity index (χ4v) is 2.17. The number of nitrogens with two attached hydrogens (primary N) is 1. The van der Waals surface area contributed by atoms with Crippen molar-refractivity contribution in [2.45, 2.75) is 6.42 Å². The van der Waals surface area contributed by atoms with Crippen LogP contribution in [0.2, 0.25) is 0 Å². The third-order valence-corrected chi connectivity index (χ3v) is 2.94. The van der Waals surface area contributed by atoms with Gasteiger partial charge in [0.15, 0.2) is 5.43 Å². The van der Waals surface area contributed by atoms with Crippen LogP contribution in [0.4, 0.5) is 0 Å². The Hall–Kier alpha value is -1.75. The molecular weight excluding hydrogens is 212 g/mol. The lowest BCUT2D eigenvalue weighted by Gasteiger charge is -1.98. The van der Waals surface area contributed by atoms with Crippen LogP contribution in [0.5, 0.6) is 0 Å². The van der Waals surface area contributed by atoms with Gasteiger partial charge in [-0.3, -0.25) is 9.59 Å². The van der Waals surface area contributed by atoms with Crippen molar-refractivity contribution >= 4 is 27.5 Å². The molecule has 76 valence electrons. The molecule has 0 bridgehead atoms. The monoisotopic (exact) mass is 220 g/mol. The summed E-state index contributed by atoms with van der Waals surface area (Å²) < 4.78 is 0. The van der Waals surface area contributed by atoms with E-state index in [4.69, 9.17) is 5.73 Å². The topological polar surface area (TPSA) is 73.1 Å². The highest BCUT2D eigenvalue weighted by atomic mass is 32.1. The van der Waals surface area contributed by atoms with E-state index in [1.54, 1.807) is 23.7 Å². The molecule has 0 atom stereocenters. The van der Waals surface area contributed by atoms with Crippen molar-refractivity contribution in [3.05, 3.63) is 39.5 Å². The summed E-state index contributed by atoms with van der Waals surface area (Å²) in [5.41, 5.74) is 5.33. The standard InChI is InChI=1S/C10H8N2O2S/c11-8(13)4-6-5-15-10-7(9(6)14)2-1-3-12-10/h1-3,5H,4H2,(H2,11,13). The molecule has 0 unspecified atom stereocenters. The first-order chi connectivity index (χ1) is 7.18. The van der Waals surface area contributed by atoms with Crippen LogP contribution in [0.15, 0.2) is 28.5 Å². The van der Waals surface area contributed by atoms with Crippen molar-refractivity contribution in [3.8, 4) is 0 Å². The number of hydrogen-bond acceptors (Lipinski definition) is 4. The van der Waals surface area contributed by atoms with E-state index in [9.17, 15) is 9.59 Å². The number of carbonyl (C=O) groups excluding carboxylic acids is 1. The highest BCUT2D eigenvalue weighted by molar-refractivity contribution is 7.16. The molecule has 0 spiro atoms. The predicted octanol–water partition coefficient (Wildman–Crippen LogP) is 0.684. The second kappa shape index (κ2) is 3.78. The van der Waals surface area contributed by atoms with Crippen LogP contribution < -0.4 is 11.2 Å². The lowest BCUT2D eigenvalue weighted by molar-refractivity contribution is -0.117. The molecule has 0 aliphatic carbocycles. The lowest BCUT2D eigenvalue weighted by Crippen LogP contribution is -2.19. The molecule has 2 N–H and O–H groups in total. The lowest BCUT2D eigenvalue weighted by atomic mass is 10.2. The number of rotatable bonds is 2. The molecule has 2 aromatic rings. The Balaban J connectivity index is 2.65. The van der Waals surface area contributed by atoms with E-state index in [0.29, 0.717) is 15.8 Å². The highest BCUT2D eigenvalue weighted by Crippen LogP contribution is 2.13. The van der Waals surface area contributed by atoms with Crippen LogP contribution in [0, 0.1) is 0 Å². The molecule has 4 nitrogen and oxygen atoms in total. The van der Waals surface area contributed by atoms with Gasteiger partial charge in [0.2, 0.25) is 5.91 Å². The van der Waals surface area contributed by atoms with Crippen LogP contribution in [-0.4, -0.2) is 10.9 Å². The summed E-state index contributed by atoms with van der Waals surface area (Å²) in [5, 5.41) is 2.18. The number of fused-ring (bicyclic) bond motifs is 1. The molecule has 0 radical (unpaired) electrons. The summed E-state index contributed by atoms with van der Waals surface area (Å²) in [7, 11) is 0. The zero-order valence-electron chi connectivity index (χ0n) is 7.77. The first-order valence-corrected chi connectivity index (χ1v) is 5.20. The molecule has 0 aliphatic heterocycles. The molecule has 2 heterocycles. The molecule has 2 rings (SSSR count). The van der Waals surface area contributed by atoms with E-state index in [2.05, 4.69) is 4.98 Å². The number of carbonyl (C=O) groups is 1. The van der Waals surface area contributed by atoms with Crippen molar-refractivity contribution in [2.75, 3.05) is 0 Å². The van der Waals surface area contributed by atoms with Gasteiger partial charge in [-0.15, -0.1) is 11.3 Å². The summed E-state index contributed by atoms with van der Waals surface area (Å²) in [4.78, 5) is 27.3. The van der Waals surface area contributed by atoms with Gasteiger partial charge >= 0.3 is 0 Å². The zero-order valence-corrected chi connectivity index (χ0v) is 8.58. The van der Waals surface area contributed by atoms with Crippen LogP contribution in [0.1, 0.15) is 5.56 Å². The first-order valence-electron chi connectivity index (χ1n) is 4.32. The van der Waals surface area contributed by atoms with Gasteiger partial charge in [-0.1, -0.05) is 0 Å². The van der Waals surface area contributed by atoms with E-state index in [1.165, 1.54) is 11.3 Å². The molecule has 0 aromatic carbocycles. The minimum absolute atomic E-state index is 0.0137. The average Bonchev–Trinajstić information content (AvgIpc) is 2.22. The molecule has 0 fully saturated rings. The highest BCUT2D eigenvalue weighted by Gasteiger charge is 2.07. The van der Waals surface area contributed by atoms with E-state index in [0.717, 1.165) is 0 Å². The number of aromatic nitrogens is 1. The molecular formula is C10H8N2O2S. The third kappa shape index (κ3) is 1.87. The average molecular weight is 220 g/mol. The number of pyridine rings is 1. The van der Waals surface area contributed by atoms with Gasteiger partial charge in [0.05, 0.1) is 11.8 Å². The molecule has 15 heavy (non-hydrogen) atoms. The Bertz CT molecular complexity index is 577. The molecule has 0 saturated heterocycles. The van der Waals surface area contributed by atoms with Crippen LogP contribution in [0.3, 0.4) is 0 Å². The van der Waals surface area contributed by atoms with Crippen molar-refractivity contribution in [2.24, 2.45) is 5.73 Å². The molecule has 5 heteroatoms. The summed E-state index contributed by atoms with van der Waals surface area (Å²) in [6, 6.07) is 3.40. The van der Waals surface area contributed by atoms with E-state index in [-0.39, 0.29) is 11.8 Å². The van der Waals surface area contributed by atoms with Gasteiger partial charge in [0.25, 0.3) is 0 Å². The number of nitrogens with zero attached hydrogens (tertiary/aromatic N) is 1. The molecule has 1 amide bonds. The second-order valence-corrected chi connectivity index (χ2v) is 3.95. The maximum absolute atomic E-state index is 11.8. The Morgan fingerprint density at radius 1 is 1.53 bits per heavy atom. The van der Waals surface area contributed by atoms with Gasteiger partial charge < -0.3 is 5.73 Å². The minimum atomic E-state index is -0.498. The van der Waals surface area contributed by atoms with Crippen molar-refractivity contribution in [3.63, 3.8) is 0 Å². The quantitative estimate of drug-likeness (QED) is 0.809. The minimum Gasteiger partial charge on any atom is -0.369 e. The van der Waals surface area contributed by atoms with Crippen LogP contribution in [0.25, 0.3) is 10.2 Å². The van der Waals surface area contributed by atoms with E-state index < -0.39 is 5.91 Å². The number of hydrogen-bond donors (Lipinski definition) is 1. The normalized spacial score (nSPS) is 10.4. The Kier molecular flexibility index (Phi) is 2.47. The van der Waals surface area contributed by atoms with Gasteiger partial charge in [-0.2, -0.15) is 0 Å². The maximum Gasteiger partial charge on any atom is 0.222 e.